The summed E-state index contributed by atoms with van der Waals surface area (Å²) < 4.78 is 26.1. The van der Waals surface area contributed by atoms with Gasteiger partial charge in [-0.25, -0.2) is 13.1 Å². The molecule has 1 unspecified atom stereocenters. The van der Waals surface area contributed by atoms with Gasteiger partial charge in [-0.15, -0.1) is 0 Å². The Morgan fingerprint density at radius 2 is 1.74 bits per heavy atom. The van der Waals surface area contributed by atoms with Crippen LogP contribution < -0.4 is 16.4 Å². The van der Waals surface area contributed by atoms with Gasteiger partial charge in [-0.3, -0.25) is 4.79 Å². The molecule has 9 heteroatoms. The lowest BCUT2D eigenvalue weighted by Gasteiger charge is -2.21. The smallest absolute Gasteiger partial charge is 0.274 e. The Balaban J connectivity index is 1.43. The number of nitrogens with zero attached hydrogens (tertiary/aromatic N) is 2. The second-order valence-electron chi connectivity index (χ2n) is 10.2. The van der Waals surface area contributed by atoms with Crippen LogP contribution in [0.2, 0.25) is 0 Å². The van der Waals surface area contributed by atoms with E-state index in [1.54, 1.807) is 28.9 Å². The van der Waals surface area contributed by atoms with Gasteiger partial charge in [0.2, 0.25) is 0 Å². The summed E-state index contributed by atoms with van der Waals surface area (Å²) in [5.74, 6) is 0.349. The fraction of sp³-hybridized carbons (Fsp3) is 0.267. The van der Waals surface area contributed by atoms with Crippen LogP contribution in [-0.4, -0.2) is 36.9 Å². The van der Waals surface area contributed by atoms with Crippen LogP contribution in [0.4, 0.5) is 5.69 Å². The fourth-order valence-electron chi connectivity index (χ4n) is 4.62. The monoisotopic (exact) mass is 543 g/mol. The minimum Gasteiger partial charge on any atom is -0.326 e. The number of carbonyl (C=O) groups excluding carboxylic acids is 1. The van der Waals surface area contributed by atoms with E-state index in [1.807, 2.05) is 61.5 Å². The number of rotatable bonds is 10. The predicted octanol–water partition coefficient (Wildman–Crippen LogP) is 4.38. The summed E-state index contributed by atoms with van der Waals surface area (Å²) in [5.41, 5.74) is 11.1. The van der Waals surface area contributed by atoms with Gasteiger partial charge in [-0.2, -0.15) is 5.10 Å². The Morgan fingerprint density at radius 1 is 1.03 bits per heavy atom. The van der Waals surface area contributed by atoms with Crippen molar-refractivity contribution >= 4 is 21.4 Å². The third-order valence-electron chi connectivity index (χ3n) is 6.86. The molecule has 5 rings (SSSR count). The van der Waals surface area contributed by atoms with Crippen LogP contribution in [0.25, 0.3) is 5.69 Å². The minimum atomic E-state index is -3.34. The van der Waals surface area contributed by atoms with Crippen molar-refractivity contribution in [3.05, 3.63) is 107 Å². The van der Waals surface area contributed by atoms with E-state index in [2.05, 4.69) is 15.7 Å². The normalized spacial score (nSPS) is 14.2. The summed E-state index contributed by atoms with van der Waals surface area (Å²) in [7, 11) is -3.34. The van der Waals surface area contributed by atoms with E-state index < -0.39 is 9.84 Å². The first-order valence-electron chi connectivity index (χ1n) is 13.0. The maximum Gasteiger partial charge on any atom is 0.274 e. The molecular formula is C30H33N5O3S. The zero-order valence-corrected chi connectivity index (χ0v) is 22.9. The maximum absolute atomic E-state index is 13.4. The molecule has 1 aliphatic carbocycles. The first kappa shape index (κ1) is 26.8. The van der Waals surface area contributed by atoms with Gasteiger partial charge in [0.05, 0.1) is 22.3 Å². The highest BCUT2D eigenvalue weighted by Crippen LogP contribution is 2.31. The van der Waals surface area contributed by atoms with E-state index in [-0.39, 0.29) is 16.8 Å². The highest BCUT2D eigenvalue weighted by molar-refractivity contribution is 7.90. The molecule has 3 aromatic carbocycles. The van der Waals surface area contributed by atoms with Crippen molar-refractivity contribution < 1.29 is 13.2 Å². The zero-order chi connectivity index (χ0) is 27.6. The molecule has 0 radical (unpaired) electrons. The Kier molecular flexibility index (Phi) is 7.65. The SMILES string of the molecule is Cc1cc(C(=O)Nc2cccc(C(NCC3CC3)c3cccc(S(C)(=O)=O)c3)c2)n(-c2cccc(CN)c2)n1. The number of carbonyl (C=O) groups is 1. The van der Waals surface area contributed by atoms with Gasteiger partial charge in [0.1, 0.15) is 5.69 Å². The molecule has 0 saturated heterocycles. The summed E-state index contributed by atoms with van der Waals surface area (Å²) in [6.07, 6.45) is 3.61. The molecule has 1 heterocycles. The lowest BCUT2D eigenvalue weighted by atomic mass is 9.98. The Bertz CT molecular complexity index is 1610. The van der Waals surface area contributed by atoms with Crippen molar-refractivity contribution in [2.75, 3.05) is 18.1 Å². The van der Waals surface area contributed by atoms with E-state index in [9.17, 15) is 13.2 Å². The van der Waals surface area contributed by atoms with Gasteiger partial charge < -0.3 is 16.4 Å². The van der Waals surface area contributed by atoms with E-state index in [1.165, 1.54) is 19.1 Å². The largest absolute Gasteiger partial charge is 0.326 e. The Hall–Kier alpha value is -3.79. The first-order chi connectivity index (χ1) is 18.7. The number of amides is 1. The van der Waals surface area contributed by atoms with E-state index in [0.717, 1.165) is 34.6 Å². The second kappa shape index (κ2) is 11.1. The average molecular weight is 544 g/mol. The molecule has 39 heavy (non-hydrogen) atoms. The fourth-order valence-corrected chi connectivity index (χ4v) is 5.30. The van der Waals surface area contributed by atoms with Crippen molar-refractivity contribution in [1.29, 1.82) is 0 Å². The van der Waals surface area contributed by atoms with Gasteiger partial charge >= 0.3 is 0 Å². The molecule has 4 N–H and O–H groups in total. The van der Waals surface area contributed by atoms with Crippen LogP contribution in [-0.2, 0) is 16.4 Å². The summed E-state index contributed by atoms with van der Waals surface area (Å²) in [6, 6.07) is 23.9. The predicted molar refractivity (Wildman–Crippen MR) is 153 cm³/mol. The van der Waals surface area contributed by atoms with Crippen molar-refractivity contribution in [3.63, 3.8) is 0 Å². The number of anilines is 1. The van der Waals surface area contributed by atoms with Crippen LogP contribution in [0, 0.1) is 12.8 Å². The van der Waals surface area contributed by atoms with E-state index in [0.29, 0.717) is 23.8 Å². The van der Waals surface area contributed by atoms with Crippen LogP contribution in [0.3, 0.4) is 0 Å². The third-order valence-corrected chi connectivity index (χ3v) is 7.97. The van der Waals surface area contributed by atoms with Crippen molar-refractivity contribution in [1.82, 2.24) is 15.1 Å². The summed E-state index contributed by atoms with van der Waals surface area (Å²) in [4.78, 5) is 13.7. The maximum atomic E-state index is 13.4. The lowest BCUT2D eigenvalue weighted by molar-refractivity contribution is 0.101. The topological polar surface area (TPSA) is 119 Å². The standard InChI is InChI=1S/C30H33N5O3S/c1-20-14-28(35(34-20)26-10-3-6-22(15-26)18-31)30(36)33-25-9-4-7-23(16-25)29(32-19-21-12-13-21)24-8-5-11-27(17-24)39(2,37)38/h3-11,14-17,21,29,32H,12-13,18-19,31H2,1-2H3,(H,33,36). The minimum absolute atomic E-state index is 0.226. The third kappa shape index (κ3) is 6.44. The Labute approximate surface area is 229 Å². The molecule has 1 saturated carbocycles. The number of nitrogens with two attached hydrogens (primary N) is 1. The lowest BCUT2D eigenvalue weighted by Crippen LogP contribution is -2.25. The van der Waals surface area contributed by atoms with Crippen molar-refractivity contribution in [2.45, 2.75) is 37.2 Å². The summed E-state index contributed by atoms with van der Waals surface area (Å²) in [5, 5.41) is 11.2. The van der Waals surface area contributed by atoms with Crippen LogP contribution in [0.5, 0.6) is 0 Å². The first-order valence-corrected chi connectivity index (χ1v) is 14.9. The van der Waals surface area contributed by atoms with E-state index in [4.69, 9.17) is 5.73 Å². The van der Waals surface area contributed by atoms with Gasteiger partial charge in [0.15, 0.2) is 9.84 Å². The van der Waals surface area contributed by atoms with E-state index >= 15 is 0 Å². The zero-order valence-electron chi connectivity index (χ0n) is 22.1. The van der Waals surface area contributed by atoms with Gasteiger partial charge in [0.25, 0.3) is 5.91 Å². The average Bonchev–Trinajstić information content (AvgIpc) is 3.67. The summed E-state index contributed by atoms with van der Waals surface area (Å²) in [6.45, 7) is 3.08. The number of sulfone groups is 1. The van der Waals surface area contributed by atoms with Crippen LogP contribution in [0.15, 0.2) is 83.8 Å². The molecule has 8 nitrogen and oxygen atoms in total. The number of hydrogen-bond donors (Lipinski definition) is 3. The highest BCUT2D eigenvalue weighted by atomic mass is 32.2. The molecule has 1 fully saturated rings. The number of hydrogen-bond acceptors (Lipinski definition) is 6. The highest BCUT2D eigenvalue weighted by Gasteiger charge is 2.24. The molecule has 0 aliphatic heterocycles. The molecular weight excluding hydrogens is 510 g/mol. The Morgan fingerprint density at radius 3 is 2.46 bits per heavy atom. The molecule has 1 amide bonds. The quantitative estimate of drug-likeness (QED) is 0.273. The second-order valence-corrected chi connectivity index (χ2v) is 12.2. The molecule has 0 bridgehead atoms. The number of benzene rings is 3. The van der Waals surface area contributed by atoms with Gasteiger partial charge in [0, 0.05) is 18.5 Å². The molecule has 1 aliphatic rings. The molecule has 0 spiro atoms. The van der Waals surface area contributed by atoms with Crippen LogP contribution >= 0.6 is 0 Å². The molecule has 202 valence electrons. The van der Waals surface area contributed by atoms with Crippen LogP contribution in [0.1, 0.15) is 51.8 Å². The molecule has 1 atom stereocenters. The molecule has 1 aromatic heterocycles. The molecule has 4 aromatic rings. The number of aryl methyl sites for hydroxylation is 1. The summed E-state index contributed by atoms with van der Waals surface area (Å²) >= 11 is 0. The van der Waals surface area contributed by atoms with Gasteiger partial charge in [-0.05, 0) is 91.4 Å². The number of nitrogens with one attached hydrogen (secondary N) is 2. The van der Waals surface area contributed by atoms with Crippen molar-refractivity contribution in [3.8, 4) is 5.69 Å². The van der Waals surface area contributed by atoms with Crippen molar-refractivity contribution in [2.24, 2.45) is 11.7 Å². The van der Waals surface area contributed by atoms with Gasteiger partial charge in [-0.1, -0.05) is 36.4 Å². The number of aromatic nitrogens is 2.